The van der Waals surface area contributed by atoms with Crippen molar-refractivity contribution in [2.45, 2.75) is 33.6 Å². The van der Waals surface area contributed by atoms with Crippen molar-refractivity contribution in [3.8, 4) is 22.6 Å². The first-order valence-corrected chi connectivity index (χ1v) is 13.2. The van der Waals surface area contributed by atoms with Gasteiger partial charge >= 0.3 is 0 Å². The maximum absolute atomic E-state index is 4.95. The molecule has 0 radical (unpaired) electrons. The van der Waals surface area contributed by atoms with Gasteiger partial charge in [-0.3, -0.25) is 15.1 Å². The van der Waals surface area contributed by atoms with Gasteiger partial charge in [-0.15, -0.1) is 0 Å². The molecule has 0 aromatic carbocycles. The number of pyridine rings is 3. The van der Waals surface area contributed by atoms with E-state index in [4.69, 9.17) is 4.98 Å². The summed E-state index contributed by atoms with van der Waals surface area (Å²) in [6.07, 6.45) is 15.1. The lowest BCUT2D eigenvalue weighted by atomic mass is 10.0. The van der Waals surface area contributed by atoms with Crippen molar-refractivity contribution in [1.29, 1.82) is 0 Å². The number of H-pyrrole nitrogens is 2. The van der Waals surface area contributed by atoms with Gasteiger partial charge in [0.2, 0.25) is 0 Å². The van der Waals surface area contributed by atoms with E-state index in [0.717, 1.165) is 56.1 Å². The van der Waals surface area contributed by atoms with Crippen LogP contribution in [0.5, 0.6) is 0 Å². The van der Waals surface area contributed by atoms with Crippen molar-refractivity contribution < 1.29 is 0 Å². The van der Waals surface area contributed by atoms with Crippen LogP contribution in [-0.4, -0.2) is 35.1 Å². The lowest BCUT2D eigenvalue weighted by Crippen LogP contribution is -2.00. The van der Waals surface area contributed by atoms with Crippen LogP contribution in [-0.2, 0) is 0 Å². The second kappa shape index (κ2) is 11.3. The summed E-state index contributed by atoms with van der Waals surface area (Å²) in [6, 6.07) is 8.06. The van der Waals surface area contributed by atoms with Crippen LogP contribution < -0.4 is 5.32 Å². The Morgan fingerprint density at radius 3 is 2.56 bits per heavy atom. The predicted octanol–water partition coefficient (Wildman–Crippen LogP) is 7.09. The third-order valence-electron chi connectivity index (χ3n) is 6.51. The zero-order valence-corrected chi connectivity index (χ0v) is 22.5. The van der Waals surface area contributed by atoms with Gasteiger partial charge in [-0.1, -0.05) is 39.2 Å². The summed E-state index contributed by atoms with van der Waals surface area (Å²) in [5, 5.41) is 11.8. The first kappa shape index (κ1) is 25.8. The molecule has 0 bridgehead atoms. The molecule has 196 valence electrons. The van der Waals surface area contributed by atoms with Crippen molar-refractivity contribution in [2.75, 3.05) is 5.32 Å². The number of aromatic amines is 2. The Labute approximate surface area is 228 Å². The lowest BCUT2D eigenvalue weighted by Gasteiger charge is -2.09. The molecule has 8 nitrogen and oxygen atoms in total. The van der Waals surface area contributed by atoms with E-state index in [1.807, 2.05) is 57.6 Å². The van der Waals surface area contributed by atoms with Gasteiger partial charge in [0, 0.05) is 52.9 Å². The molecule has 5 aromatic rings. The Balaban J connectivity index is 0.00000151. The molecule has 6 rings (SSSR count). The summed E-state index contributed by atoms with van der Waals surface area (Å²) >= 11 is 0. The van der Waals surface area contributed by atoms with E-state index in [2.05, 4.69) is 60.7 Å². The van der Waals surface area contributed by atoms with E-state index in [9.17, 15) is 0 Å². The first-order chi connectivity index (χ1) is 19.1. The van der Waals surface area contributed by atoms with E-state index in [0.29, 0.717) is 17.4 Å². The fraction of sp³-hybridized carbons (Fsp3) is 0.194. The van der Waals surface area contributed by atoms with Crippen LogP contribution >= 0.6 is 0 Å². The van der Waals surface area contributed by atoms with Gasteiger partial charge in [-0.2, -0.15) is 5.10 Å². The molecule has 0 spiro atoms. The van der Waals surface area contributed by atoms with E-state index >= 15 is 0 Å². The SMILES string of the molecule is C=C/C=C(/c1ccncc1)c1nc(-c2[nH]nc3ncc(-c4cncc(NC(=C)C5CC5)c4)cc23)[nH]c1C.CC. The molecular formula is C31H32N8. The van der Waals surface area contributed by atoms with Gasteiger partial charge in [-0.05, 0) is 55.5 Å². The molecule has 5 heterocycles. The second-order valence-corrected chi connectivity index (χ2v) is 9.19. The minimum absolute atomic E-state index is 0.567. The molecule has 1 aliphatic rings. The van der Waals surface area contributed by atoms with Crippen LogP contribution in [0.1, 0.15) is 43.6 Å². The number of allylic oxidation sites excluding steroid dienone is 3. The average molecular weight is 517 g/mol. The molecule has 5 aromatic heterocycles. The lowest BCUT2D eigenvalue weighted by molar-refractivity contribution is 1.02. The zero-order chi connectivity index (χ0) is 27.4. The Morgan fingerprint density at radius 1 is 1.05 bits per heavy atom. The molecule has 0 atom stereocenters. The summed E-state index contributed by atoms with van der Waals surface area (Å²) in [7, 11) is 0. The van der Waals surface area contributed by atoms with Crippen LogP contribution in [0.3, 0.4) is 0 Å². The van der Waals surface area contributed by atoms with Crippen molar-refractivity contribution in [3.05, 3.63) is 103 Å². The van der Waals surface area contributed by atoms with E-state index in [1.54, 1.807) is 18.5 Å². The van der Waals surface area contributed by atoms with E-state index in [1.165, 1.54) is 12.8 Å². The Kier molecular flexibility index (Phi) is 7.45. The molecule has 0 saturated heterocycles. The third kappa shape index (κ3) is 5.40. The number of nitrogens with one attached hydrogen (secondary N) is 3. The number of rotatable bonds is 8. The maximum atomic E-state index is 4.95. The number of aromatic nitrogens is 7. The van der Waals surface area contributed by atoms with Gasteiger partial charge < -0.3 is 10.3 Å². The second-order valence-electron chi connectivity index (χ2n) is 9.19. The largest absolute Gasteiger partial charge is 0.358 e. The van der Waals surface area contributed by atoms with Gasteiger partial charge in [0.1, 0.15) is 5.69 Å². The highest BCUT2D eigenvalue weighted by Gasteiger charge is 2.24. The number of fused-ring (bicyclic) bond motifs is 1. The minimum Gasteiger partial charge on any atom is -0.358 e. The molecule has 1 saturated carbocycles. The van der Waals surface area contributed by atoms with Crippen LogP contribution in [0.25, 0.3) is 39.3 Å². The Morgan fingerprint density at radius 2 is 1.82 bits per heavy atom. The van der Waals surface area contributed by atoms with Crippen LogP contribution in [0, 0.1) is 12.8 Å². The van der Waals surface area contributed by atoms with Crippen molar-refractivity contribution in [1.82, 2.24) is 35.1 Å². The zero-order valence-electron chi connectivity index (χ0n) is 22.5. The van der Waals surface area contributed by atoms with Crippen LogP contribution in [0.4, 0.5) is 5.69 Å². The summed E-state index contributed by atoms with van der Waals surface area (Å²) < 4.78 is 0. The standard InChI is InChI=1S/C29H26N8.C2H6/c1-4-5-24(20-8-10-30-11-9-20)26-18(3)34-29(35-26)27-25-13-22(15-32-28(25)37-36-27)21-12-23(16-31-14-21)33-17(2)19-6-7-19;1-2/h4-5,8-16,19,33H,1-2,6-7H2,3H3,(H,34,35)(H,32,36,37);1-2H3/b24-5-;. The fourth-order valence-electron chi connectivity index (χ4n) is 4.43. The molecule has 1 fully saturated rings. The number of nitrogens with zero attached hydrogens (tertiary/aromatic N) is 5. The predicted molar refractivity (Wildman–Crippen MR) is 158 cm³/mol. The van der Waals surface area contributed by atoms with E-state index in [-0.39, 0.29) is 0 Å². The summed E-state index contributed by atoms with van der Waals surface area (Å²) in [5.74, 6) is 1.25. The maximum Gasteiger partial charge on any atom is 0.181 e. The molecule has 0 amide bonds. The first-order valence-electron chi connectivity index (χ1n) is 13.2. The van der Waals surface area contributed by atoms with Crippen LogP contribution in [0.15, 0.2) is 86.3 Å². The number of aryl methyl sites for hydroxylation is 1. The van der Waals surface area contributed by atoms with Crippen LogP contribution in [0.2, 0.25) is 0 Å². The molecule has 8 heteroatoms. The van der Waals surface area contributed by atoms with Crippen molar-refractivity contribution in [2.24, 2.45) is 5.92 Å². The molecule has 39 heavy (non-hydrogen) atoms. The molecule has 3 N–H and O–H groups in total. The summed E-state index contributed by atoms with van der Waals surface area (Å²) in [4.78, 5) is 21.5. The van der Waals surface area contributed by atoms with Gasteiger partial charge in [0.15, 0.2) is 11.5 Å². The number of imidazole rings is 1. The number of hydrogen-bond acceptors (Lipinski definition) is 6. The highest BCUT2D eigenvalue weighted by Crippen LogP contribution is 2.36. The Hall–Kier alpha value is -4.85. The average Bonchev–Trinajstić information content (AvgIpc) is 3.65. The smallest absolute Gasteiger partial charge is 0.181 e. The topological polar surface area (TPSA) is 108 Å². The van der Waals surface area contributed by atoms with Gasteiger partial charge in [0.05, 0.1) is 23.0 Å². The number of hydrogen-bond donors (Lipinski definition) is 3. The summed E-state index contributed by atoms with van der Waals surface area (Å²) in [6.45, 7) is 14.0. The molecule has 0 aliphatic heterocycles. The monoisotopic (exact) mass is 516 g/mol. The van der Waals surface area contributed by atoms with Crippen molar-refractivity contribution >= 4 is 22.3 Å². The summed E-state index contributed by atoms with van der Waals surface area (Å²) in [5.41, 5.74) is 9.01. The number of anilines is 1. The quantitative estimate of drug-likeness (QED) is 0.190. The molecular weight excluding hydrogens is 484 g/mol. The highest BCUT2D eigenvalue weighted by atomic mass is 15.2. The third-order valence-corrected chi connectivity index (χ3v) is 6.51. The van der Waals surface area contributed by atoms with E-state index < -0.39 is 0 Å². The molecule has 1 aliphatic carbocycles. The van der Waals surface area contributed by atoms with Gasteiger partial charge in [0.25, 0.3) is 0 Å². The molecule has 0 unspecified atom stereocenters. The van der Waals surface area contributed by atoms with Crippen molar-refractivity contribution in [3.63, 3.8) is 0 Å². The minimum atomic E-state index is 0.567. The normalized spacial score (nSPS) is 13.1. The Bertz CT molecular complexity index is 1650. The van der Waals surface area contributed by atoms with Gasteiger partial charge in [-0.25, -0.2) is 9.97 Å². The highest BCUT2D eigenvalue weighted by molar-refractivity contribution is 5.92. The fourth-order valence-corrected chi connectivity index (χ4v) is 4.43.